The van der Waals surface area contributed by atoms with E-state index in [1.807, 2.05) is 26.8 Å². The van der Waals surface area contributed by atoms with Crippen molar-refractivity contribution in [3.63, 3.8) is 0 Å². The van der Waals surface area contributed by atoms with Crippen LogP contribution in [-0.2, 0) is 4.74 Å². The minimum atomic E-state index is -0.507. The maximum atomic E-state index is 11.8. The van der Waals surface area contributed by atoms with E-state index in [0.717, 1.165) is 4.47 Å². The fraction of sp³-hybridized carbons (Fsp3) is 0.455. The van der Waals surface area contributed by atoms with Crippen LogP contribution in [-0.4, -0.2) is 23.7 Å². The predicted molar refractivity (Wildman–Crippen MR) is 66.6 cm³/mol. The topological polar surface area (TPSA) is 42.4 Å². The van der Waals surface area contributed by atoms with Gasteiger partial charge in [0.15, 0.2) is 5.82 Å². The first-order valence-corrected chi connectivity index (χ1v) is 5.68. The number of nitrogens with zero attached hydrogens (tertiary/aromatic N) is 2. The van der Waals surface area contributed by atoms with Gasteiger partial charge in [-0.15, -0.1) is 0 Å². The maximum Gasteiger partial charge on any atom is 0.415 e. The van der Waals surface area contributed by atoms with Gasteiger partial charge in [-0.25, -0.2) is 9.78 Å². The van der Waals surface area contributed by atoms with Gasteiger partial charge in [0, 0.05) is 13.2 Å². The summed E-state index contributed by atoms with van der Waals surface area (Å²) in [4.78, 5) is 17.2. The molecule has 0 aliphatic heterocycles. The molecule has 0 spiro atoms. The van der Waals surface area contributed by atoms with Gasteiger partial charge in [-0.1, -0.05) is 0 Å². The Bertz CT molecular complexity index is 388. The van der Waals surface area contributed by atoms with Crippen LogP contribution in [0, 0.1) is 0 Å². The second-order valence-electron chi connectivity index (χ2n) is 4.35. The van der Waals surface area contributed by atoms with Crippen LogP contribution in [0.2, 0.25) is 0 Å². The normalized spacial score (nSPS) is 11.1. The SMILES string of the molecule is CN(C(=O)OC(C)(C)C)c1ncccc1Br. The third-order valence-electron chi connectivity index (χ3n) is 1.72. The molecule has 0 aliphatic rings. The van der Waals surface area contributed by atoms with Crippen molar-refractivity contribution >= 4 is 27.8 Å². The van der Waals surface area contributed by atoms with E-state index in [1.54, 1.807) is 19.3 Å². The third kappa shape index (κ3) is 3.48. The molecule has 1 heterocycles. The Morgan fingerprint density at radius 1 is 1.50 bits per heavy atom. The number of ether oxygens (including phenoxy) is 1. The molecule has 0 bridgehead atoms. The highest BCUT2D eigenvalue weighted by Gasteiger charge is 2.22. The van der Waals surface area contributed by atoms with Gasteiger partial charge in [0.2, 0.25) is 0 Å². The van der Waals surface area contributed by atoms with E-state index in [1.165, 1.54) is 4.90 Å². The van der Waals surface area contributed by atoms with Crippen LogP contribution in [0.4, 0.5) is 10.6 Å². The van der Waals surface area contributed by atoms with Crippen LogP contribution in [0.15, 0.2) is 22.8 Å². The molecule has 1 aromatic heterocycles. The molecule has 0 aromatic carbocycles. The third-order valence-corrected chi connectivity index (χ3v) is 2.34. The van der Waals surface area contributed by atoms with Gasteiger partial charge in [-0.05, 0) is 48.8 Å². The molecule has 0 radical (unpaired) electrons. The molecule has 16 heavy (non-hydrogen) atoms. The van der Waals surface area contributed by atoms with Gasteiger partial charge >= 0.3 is 6.09 Å². The average Bonchev–Trinajstić information content (AvgIpc) is 2.15. The number of carbonyl (C=O) groups excluding carboxylic acids is 1. The van der Waals surface area contributed by atoms with Crippen molar-refractivity contribution in [1.29, 1.82) is 0 Å². The van der Waals surface area contributed by atoms with Gasteiger partial charge in [0.25, 0.3) is 0 Å². The molecule has 5 heteroatoms. The highest BCUT2D eigenvalue weighted by molar-refractivity contribution is 9.10. The average molecular weight is 287 g/mol. The summed E-state index contributed by atoms with van der Waals surface area (Å²) in [6.07, 6.45) is 1.20. The number of hydrogen-bond donors (Lipinski definition) is 0. The Morgan fingerprint density at radius 3 is 2.62 bits per heavy atom. The number of rotatable bonds is 1. The Morgan fingerprint density at radius 2 is 2.12 bits per heavy atom. The smallest absolute Gasteiger partial charge is 0.415 e. The van der Waals surface area contributed by atoms with E-state index in [0.29, 0.717) is 5.82 Å². The first-order chi connectivity index (χ1) is 7.31. The molecule has 0 N–H and O–H groups in total. The highest BCUT2D eigenvalue weighted by Crippen LogP contribution is 2.23. The van der Waals surface area contributed by atoms with Crippen molar-refractivity contribution < 1.29 is 9.53 Å². The molecule has 1 amide bonds. The monoisotopic (exact) mass is 286 g/mol. The number of hydrogen-bond acceptors (Lipinski definition) is 3. The molecular weight excluding hydrogens is 272 g/mol. The van der Waals surface area contributed by atoms with Crippen LogP contribution in [0.5, 0.6) is 0 Å². The van der Waals surface area contributed by atoms with E-state index in [4.69, 9.17) is 4.74 Å². The van der Waals surface area contributed by atoms with Crippen molar-refractivity contribution in [1.82, 2.24) is 4.98 Å². The Kier molecular flexibility index (Phi) is 3.91. The van der Waals surface area contributed by atoms with E-state index in [-0.39, 0.29) is 0 Å². The van der Waals surface area contributed by atoms with E-state index in [2.05, 4.69) is 20.9 Å². The first kappa shape index (κ1) is 13.0. The summed E-state index contributed by atoms with van der Waals surface area (Å²) < 4.78 is 5.99. The fourth-order valence-corrected chi connectivity index (χ4v) is 1.56. The Labute approximate surface area is 104 Å². The number of anilines is 1. The van der Waals surface area contributed by atoms with Crippen LogP contribution in [0.1, 0.15) is 20.8 Å². The summed E-state index contributed by atoms with van der Waals surface area (Å²) in [5, 5.41) is 0. The number of pyridine rings is 1. The molecular formula is C11H15BrN2O2. The molecule has 0 aliphatic carbocycles. The molecule has 1 rings (SSSR count). The standard InChI is InChI=1S/C11H15BrN2O2/c1-11(2,3)16-10(15)14(4)9-8(12)6-5-7-13-9/h5-7H,1-4H3. The van der Waals surface area contributed by atoms with Gasteiger partial charge < -0.3 is 4.74 Å². The summed E-state index contributed by atoms with van der Waals surface area (Å²) in [6, 6.07) is 3.61. The lowest BCUT2D eigenvalue weighted by molar-refractivity contribution is 0.0588. The number of halogens is 1. The van der Waals surface area contributed by atoms with Crippen molar-refractivity contribution in [3.8, 4) is 0 Å². The number of carbonyl (C=O) groups is 1. The molecule has 0 unspecified atom stereocenters. The van der Waals surface area contributed by atoms with Crippen molar-refractivity contribution in [3.05, 3.63) is 22.8 Å². The lowest BCUT2D eigenvalue weighted by atomic mass is 10.2. The van der Waals surface area contributed by atoms with Crippen molar-refractivity contribution in [2.45, 2.75) is 26.4 Å². The zero-order valence-electron chi connectivity index (χ0n) is 9.82. The number of aromatic nitrogens is 1. The first-order valence-electron chi connectivity index (χ1n) is 4.88. The molecule has 4 nitrogen and oxygen atoms in total. The quantitative estimate of drug-likeness (QED) is 0.796. The summed E-state index contributed by atoms with van der Waals surface area (Å²) >= 11 is 3.33. The zero-order valence-corrected chi connectivity index (χ0v) is 11.4. The summed E-state index contributed by atoms with van der Waals surface area (Å²) in [6.45, 7) is 5.48. The van der Waals surface area contributed by atoms with Crippen LogP contribution < -0.4 is 4.90 Å². The van der Waals surface area contributed by atoms with Gasteiger partial charge in [0.05, 0.1) is 4.47 Å². The van der Waals surface area contributed by atoms with Gasteiger partial charge in [0.1, 0.15) is 5.60 Å². The van der Waals surface area contributed by atoms with E-state index in [9.17, 15) is 4.79 Å². The molecule has 0 saturated heterocycles. The Balaban J connectivity index is 2.83. The van der Waals surface area contributed by atoms with Gasteiger partial charge in [-0.3, -0.25) is 4.90 Å². The van der Waals surface area contributed by atoms with E-state index >= 15 is 0 Å². The Hall–Kier alpha value is -1.10. The van der Waals surface area contributed by atoms with Crippen molar-refractivity contribution in [2.24, 2.45) is 0 Å². The predicted octanol–water partition coefficient (Wildman–Crippen LogP) is 3.22. The molecule has 0 fully saturated rings. The molecule has 0 atom stereocenters. The van der Waals surface area contributed by atoms with Crippen LogP contribution in [0.3, 0.4) is 0 Å². The van der Waals surface area contributed by atoms with Crippen LogP contribution in [0.25, 0.3) is 0 Å². The molecule has 1 aromatic rings. The highest BCUT2D eigenvalue weighted by atomic mass is 79.9. The zero-order chi connectivity index (χ0) is 12.3. The second-order valence-corrected chi connectivity index (χ2v) is 5.20. The van der Waals surface area contributed by atoms with Crippen molar-refractivity contribution in [2.75, 3.05) is 11.9 Å². The number of amides is 1. The molecule has 88 valence electrons. The lowest BCUT2D eigenvalue weighted by Gasteiger charge is -2.24. The minimum absolute atomic E-state index is 0.424. The second kappa shape index (κ2) is 4.82. The summed E-state index contributed by atoms with van der Waals surface area (Å²) in [5.74, 6) is 0.539. The van der Waals surface area contributed by atoms with E-state index < -0.39 is 11.7 Å². The van der Waals surface area contributed by atoms with Crippen LogP contribution >= 0.6 is 15.9 Å². The van der Waals surface area contributed by atoms with Gasteiger partial charge in [-0.2, -0.15) is 0 Å². The minimum Gasteiger partial charge on any atom is -0.443 e. The molecule has 0 saturated carbocycles. The summed E-state index contributed by atoms with van der Waals surface area (Å²) in [5.41, 5.74) is -0.507. The summed E-state index contributed by atoms with van der Waals surface area (Å²) in [7, 11) is 1.63. The largest absolute Gasteiger partial charge is 0.443 e. The fourth-order valence-electron chi connectivity index (χ4n) is 1.04. The maximum absolute atomic E-state index is 11.8. The lowest BCUT2D eigenvalue weighted by Crippen LogP contribution is -2.34.